The molecule has 2 amide bonds. The molecule has 152 valence electrons. The van der Waals surface area contributed by atoms with Gasteiger partial charge in [0.25, 0.3) is 5.91 Å². The van der Waals surface area contributed by atoms with Crippen molar-refractivity contribution < 1.29 is 18.7 Å². The van der Waals surface area contributed by atoms with E-state index in [9.17, 15) is 14.0 Å². The zero-order chi connectivity index (χ0) is 18.8. The van der Waals surface area contributed by atoms with Gasteiger partial charge in [-0.05, 0) is 43.7 Å². The number of piperazine rings is 1. The molecule has 2 rings (SSSR count). The molecule has 1 aromatic rings. The Morgan fingerprint density at radius 1 is 0.926 bits per heavy atom. The fourth-order valence-electron chi connectivity index (χ4n) is 2.90. The molecule has 0 aliphatic carbocycles. The van der Waals surface area contributed by atoms with Gasteiger partial charge in [-0.3, -0.25) is 9.59 Å². The Morgan fingerprint density at radius 3 is 2.07 bits per heavy atom. The third-order valence-electron chi connectivity index (χ3n) is 4.51. The van der Waals surface area contributed by atoms with E-state index in [2.05, 4.69) is 0 Å². The lowest BCUT2D eigenvalue weighted by molar-refractivity contribution is -0.140. The van der Waals surface area contributed by atoms with Crippen LogP contribution >= 0.6 is 12.4 Å². The summed E-state index contributed by atoms with van der Waals surface area (Å²) in [6.07, 6.45) is 4.56. The van der Waals surface area contributed by atoms with E-state index in [0.717, 1.165) is 25.7 Å². The van der Waals surface area contributed by atoms with E-state index in [1.165, 1.54) is 24.3 Å². The molecule has 2 N–H and O–H groups in total. The topological polar surface area (TPSA) is 75.9 Å². The van der Waals surface area contributed by atoms with Crippen LogP contribution in [-0.2, 0) is 9.59 Å². The molecule has 0 bridgehead atoms. The van der Waals surface area contributed by atoms with Crippen molar-refractivity contribution in [2.24, 2.45) is 5.73 Å². The quantitative estimate of drug-likeness (QED) is 0.643. The molecule has 8 heteroatoms. The predicted octanol–water partition coefficient (Wildman–Crippen LogP) is 2.21. The summed E-state index contributed by atoms with van der Waals surface area (Å²) in [5.41, 5.74) is 5.45. The maximum Gasteiger partial charge on any atom is 0.260 e. The predicted molar refractivity (Wildman–Crippen MR) is 104 cm³/mol. The van der Waals surface area contributed by atoms with Gasteiger partial charge in [0.1, 0.15) is 11.6 Å². The van der Waals surface area contributed by atoms with E-state index in [1.807, 2.05) is 4.90 Å². The van der Waals surface area contributed by atoms with E-state index in [1.54, 1.807) is 4.90 Å². The van der Waals surface area contributed by atoms with E-state index in [-0.39, 0.29) is 36.6 Å². The molecule has 0 atom stereocenters. The first kappa shape index (κ1) is 23.2. The van der Waals surface area contributed by atoms with Crippen LogP contribution in [0.15, 0.2) is 24.3 Å². The van der Waals surface area contributed by atoms with Gasteiger partial charge in [0.05, 0.1) is 0 Å². The Bertz CT molecular complexity index is 578. The fourth-order valence-corrected chi connectivity index (χ4v) is 2.90. The van der Waals surface area contributed by atoms with Gasteiger partial charge in [-0.15, -0.1) is 12.4 Å². The minimum atomic E-state index is -0.344. The van der Waals surface area contributed by atoms with Gasteiger partial charge in [0.2, 0.25) is 5.91 Å². The summed E-state index contributed by atoms with van der Waals surface area (Å²) in [5.74, 6) is 0.155. The summed E-state index contributed by atoms with van der Waals surface area (Å²) in [7, 11) is 0. The molecule has 1 saturated heterocycles. The Balaban J connectivity index is 0.00000364. The van der Waals surface area contributed by atoms with Gasteiger partial charge in [-0.25, -0.2) is 4.39 Å². The minimum absolute atomic E-state index is 0. The molecular weight excluding hydrogens is 373 g/mol. The summed E-state index contributed by atoms with van der Waals surface area (Å²) in [6, 6.07) is 5.57. The van der Waals surface area contributed by atoms with Crippen molar-refractivity contribution >= 4 is 24.2 Å². The molecule has 1 fully saturated rings. The maximum atomic E-state index is 12.8. The molecule has 1 aliphatic rings. The Morgan fingerprint density at radius 2 is 1.48 bits per heavy atom. The largest absolute Gasteiger partial charge is 0.484 e. The average Bonchev–Trinajstić information content (AvgIpc) is 2.67. The third-order valence-corrected chi connectivity index (χ3v) is 4.51. The third kappa shape index (κ3) is 8.13. The van der Waals surface area contributed by atoms with Gasteiger partial charge < -0.3 is 20.3 Å². The first-order chi connectivity index (χ1) is 12.6. The van der Waals surface area contributed by atoms with Gasteiger partial charge in [0, 0.05) is 32.6 Å². The Hall–Kier alpha value is -1.86. The van der Waals surface area contributed by atoms with Crippen molar-refractivity contribution in [1.29, 1.82) is 0 Å². The number of halogens is 2. The van der Waals surface area contributed by atoms with Gasteiger partial charge in [-0.2, -0.15) is 0 Å². The lowest BCUT2D eigenvalue weighted by Gasteiger charge is -2.34. The summed E-state index contributed by atoms with van der Waals surface area (Å²) in [6.45, 7) is 2.78. The molecule has 1 heterocycles. The summed E-state index contributed by atoms with van der Waals surface area (Å²) >= 11 is 0. The van der Waals surface area contributed by atoms with E-state index in [4.69, 9.17) is 10.5 Å². The summed E-state index contributed by atoms with van der Waals surface area (Å²) in [4.78, 5) is 27.9. The van der Waals surface area contributed by atoms with Crippen LogP contribution in [0.25, 0.3) is 0 Å². The SMILES string of the molecule is Cl.NCCCCCCC(=O)N1CCN(C(=O)COc2ccc(F)cc2)CC1. The van der Waals surface area contributed by atoms with Crippen LogP contribution < -0.4 is 10.5 Å². The van der Waals surface area contributed by atoms with Crippen LogP contribution in [-0.4, -0.2) is 60.9 Å². The van der Waals surface area contributed by atoms with Crippen LogP contribution in [0.2, 0.25) is 0 Å². The number of benzene rings is 1. The van der Waals surface area contributed by atoms with Crippen molar-refractivity contribution in [3.63, 3.8) is 0 Å². The zero-order valence-corrected chi connectivity index (χ0v) is 16.4. The highest BCUT2D eigenvalue weighted by molar-refractivity contribution is 5.85. The highest BCUT2D eigenvalue weighted by atomic mass is 35.5. The fraction of sp³-hybridized carbons (Fsp3) is 0.579. The van der Waals surface area contributed by atoms with E-state index >= 15 is 0 Å². The molecule has 1 aromatic carbocycles. The molecule has 6 nitrogen and oxygen atoms in total. The minimum Gasteiger partial charge on any atom is -0.484 e. The molecule has 0 radical (unpaired) electrons. The number of unbranched alkanes of at least 4 members (excludes halogenated alkanes) is 3. The van der Waals surface area contributed by atoms with Crippen LogP contribution in [0, 0.1) is 5.82 Å². The second kappa shape index (κ2) is 12.5. The van der Waals surface area contributed by atoms with Crippen molar-refractivity contribution in [2.45, 2.75) is 32.1 Å². The number of ether oxygens (including phenoxy) is 1. The Labute approximate surface area is 166 Å². The lowest BCUT2D eigenvalue weighted by atomic mass is 10.1. The number of carbonyl (C=O) groups is 2. The smallest absolute Gasteiger partial charge is 0.260 e. The van der Waals surface area contributed by atoms with Gasteiger partial charge >= 0.3 is 0 Å². The standard InChI is InChI=1S/C19H28FN3O3.ClH/c20-16-6-8-17(9-7-16)26-15-19(25)23-13-11-22(12-14-23)18(24)5-3-1-2-4-10-21;/h6-9H,1-5,10-15,21H2;1H. The number of hydrogen-bond donors (Lipinski definition) is 1. The highest BCUT2D eigenvalue weighted by Crippen LogP contribution is 2.12. The van der Waals surface area contributed by atoms with Crippen molar-refractivity contribution in [2.75, 3.05) is 39.3 Å². The number of nitrogens with two attached hydrogens (primary N) is 1. The Kier molecular flexibility index (Phi) is 10.7. The highest BCUT2D eigenvalue weighted by Gasteiger charge is 2.23. The molecule has 27 heavy (non-hydrogen) atoms. The molecule has 0 saturated carbocycles. The van der Waals surface area contributed by atoms with Crippen LogP contribution in [0.4, 0.5) is 4.39 Å². The van der Waals surface area contributed by atoms with Gasteiger partial charge in [0.15, 0.2) is 6.61 Å². The van der Waals surface area contributed by atoms with Crippen LogP contribution in [0.3, 0.4) is 0 Å². The van der Waals surface area contributed by atoms with Crippen LogP contribution in [0.5, 0.6) is 5.75 Å². The first-order valence-electron chi connectivity index (χ1n) is 9.24. The van der Waals surface area contributed by atoms with Crippen molar-refractivity contribution in [1.82, 2.24) is 9.80 Å². The second-order valence-electron chi connectivity index (χ2n) is 6.46. The number of hydrogen-bond acceptors (Lipinski definition) is 4. The zero-order valence-electron chi connectivity index (χ0n) is 15.6. The summed E-state index contributed by atoms with van der Waals surface area (Å²) < 4.78 is 18.2. The molecular formula is C19H29ClFN3O3. The van der Waals surface area contributed by atoms with Crippen molar-refractivity contribution in [3.8, 4) is 5.75 Å². The van der Waals surface area contributed by atoms with Gasteiger partial charge in [-0.1, -0.05) is 12.8 Å². The lowest BCUT2D eigenvalue weighted by Crippen LogP contribution is -2.51. The molecule has 0 unspecified atom stereocenters. The van der Waals surface area contributed by atoms with Crippen LogP contribution in [0.1, 0.15) is 32.1 Å². The molecule has 0 aromatic heterocycles. The normalized spacial score (nSPS) is 13.9. The number of nitrogens with zero attached hydrogens (tertiary/aromatic N) is 2. The molecule has 0 spiro atoms. The van der Waals surface area contributed by atoms with E-state index in [0.29, 0.717) is 44.9 Å². The van der Waals surface area contributed by atoms with Crippen molar-refractivity contribution in [3.05, 3.63) is 30.1 Å². The monoisotopic (exact) mass is 401 g/mol. The summed E-state index contributed by atoms with van der Waals surface area (Å²) in [5, 5.41) is 0. The number of carbonyl (C=O) groups excluding carboxylic acids is 2. The number of rotatable bonds is 9. The second-order valence-corrected chi connectivity index (χ2v) is 6.46. The first-order valence-corrected chi connectivity index (χ1v) is 9.24. The number of amides is 2. The average molecular weight is 402 g/mol. The molecule has 1 aliphatic heterocycles. The van der Waals surface area contributed by atoms with E-state index < -0.39 is 0 Å². The maximum absolute atomic E-state index is 12.8.